The normalized spacial score (nSPS) is 12.2. The first-order valence-corrected chi connectivity index (χ1v) is 11.5. The van der Waals surface area contributed by atoms with E-state index in [4.69, 9.17) is 0 Å². The molecule has 4 heterocycles. The van der Waals surface area contributed by atoms with Crippen molar-refractivity contribution in [2.75, 3.05) is 5.32 Å². The summed E-state index contributed by atoms with van der Waals surface area (Å²) < 4.78 is 85.5. The highest BCUT2D eigenvalue weighted by Crippen LogP contribution is 2.38. The SMILES string of the molecule is O=C=c1[nH]c2ccc(-n3ncc(C(=O)Nc4cnc(-n5ccnn5)c(C(F)(F)F)c4)c3C(F)(F)F)c3cccc1c23. The summed E-state index contributed by atoms with van der Waals surface area (Å²) in [4.78, 5) is 30.9. The maximum absolute atomic E-state index is 14.4. The van der Waals surface area contributed by atoms with Crippen LogP contribution >= 0.6 is 0 Å². The van der Waals surface area contributed by atoms with E-state index in [1.54, 1.807) is 12.0 Å². The van der Waals surface area contributed by atoms with Crippen molar-refractivity contribution in [3.05, 3.63) is 83.4 Å². The lowest BCUT2D eigenvalue weighted by Crippen LogP contribution is -2.21. The van der Waals surface area contributed by atoms with Crippen LogP contribution in [0.5, 0.6) is 0 Å². The highest BCUT2D eigenvalue weighted by atomic mass is 19.4. The summed E-state index contributed by atoms with van der Waals surface area (Å²) in [6.07, 6.45) is -6.30. The van der Waals surface area contributed by atoms with E-state index < -0.39 is 46.6 Å². The molecule has 2 aromatic carbocycles. The number of benzene rings is 2. The molecule has 0 spiro atoms. The number of hydrogen-bond acceptors (Lipinski definition) is 6. The van der Waals surface area contributed by atoms with Crippen molar-refractivity contribution in [1.82, 2.24) is 34.7 Å². The van der Waals surface area contributed by atoms with Gasteiger partial charge in [0.05, 0.1) is 41.7 Å². The quantitative estimate of drug-likeness (QED) is 0.309. The molecule has 41 heavy (non-hydrogen) atoms. The van der Waals surface area contributed by atoms with Gasteiger partial charge in [-0.2, -0.15) is 31.4 Å². The first kappa shape index (κ1) is 25.8. The van der Waals surface area contributed by atoms with Gasteiger partial charge in [0.1, 0.15) is 10.9 Å². The van der Waals surface area contributed by atoms with E-state index >= 15 is 0 Å². The average molecular weight is 570 g/mol. The number of pyridine rings is 1. The van der Waals surface area contributed by atoms with Crippen LogP contribution in [0.15, 0.2) is 61.2 Å². The molecule has 6 rings (SSSR count). The molecule has 6 aromatic rings. The minimum absolute atomic E-state index is 0.0517. The van der Waals surface area contributed by atoms with Crippen molar-refractivity contribution in [3.63, 3.8) is 0 Å². The van der Waals surface area contributed by atoms with Gasteiger partial charge in [-0.1, -0.05) is 23.4 Å². The Bertz CT molecular complexity index is 2040. The predicted octanol–water partition coefficient (Wildman–Crippen LogP) is 3.99. The molecule has 2 N–H and O–H groups in total. The van der Waals surface area contributed by atoms with Gasteiger partial charge in [0.25, 0.3) is 5.91 Å². The molecule has 16 heteroatoms. The molecule has 0 saturated heterocycles. The molecule has 0 aliphatic heterocycles. The van der Waals surface area contributed by atoms with Gasteiger partial charge in [-0.25, -0.2) is 19.1 Å². The van der Waals surface area contributed by atoms with Crippen molar-refractivity contribution in [2.45, 2.75) is 12.4 Å². The summed E-state index contributed by atoms with van der Waals surface area (Å²) in [5.74, 6) is -0.268. The number of hydrogen-bond donors (Lipinski definition) is 2. The molecule has 0 aliphatic rings. The maximum atomic E-state index is 14.4. The van der Waals surface area contributed by atoms with Gasteiger partial charge in [-0.15, -0.1) is 5.10 Å². The molecule has 1 amide bonds. The Labute approximate surface area is 222 Å². The maximum Gasteiger partial charge on any atom is 0.434 e. The van der Waals surface area contributed by atoms with Crippen molar-refractivity contribution in [2.24, 2.45) is 0 Å². The molecule has 0 aliphatic carbocycles. The summed E-state index contributed by atoms with van der Waals surface area (Å²) in [7, 11) is 0. The van der Waals surface area contributed by atoms with E-state index in [2.05, 4.69) is 25.4 Å². The summed E-state index contributed by atoms with van der Waals surface area (Å²) >= 11 is 0. The number of H-pyrrole nitrogens is 1. The lowest BCUT2D eigenvalue weighted by molar-refractivity contribution is -0.143. The molecule has 4 aromatic heterocycles. The molecule has 0 radical (unpaired) electrons. The lowest BCUT2D eigenvalue weighted by Gasteiger charge is -2.15. The predicted molar refractivity (Wildman–Crippen MR) is 130 cm³/mol. The Morgan fingerprint density at radius 3 is 2.46 bits per heavy atom. The topological polar surface area (TPSA) is 123 Å². The van der Waals surface area contributed by atoms with Crippen LogP contribution < -0.4 is 10.7 Å². The van der Waals surface area contributed by atoms with Crippen LogP contribution in [0.25, 0.3) is 33.2 Å². The van der Waals surface area contributed by atoms with Crippen LogP contribution in [0, 0.1) is 0 Å². The van der Waals surface area contributed by atoms with Crippen LogP contribution in [-0.4, -0.2) is 46.6 Å². The number of nitrogens with zero attached hydrogens (tertiary/aromatic N) is 6. The lowest BCUT2D eigenvalue weighted by atomic mass is 10.1. The zero-order chi connectivity index (χ0) is 29.1. The number of rotatable bonds is 4. The summed E-state index contributed by atoms with van der Waals surface area (Å²) in [6.45, 7) is 0. The van der Waals surface area contributed by atoms with Gasteiger partial charge in [-0.3, -0.25) is 4.79 Å². The van der Waals surface area contributed by atoms with E-state index in [1.165, 1.54) is 24.3 Å². The number of nitrogens with one attached hydrogen (secondary N) is 2. The molecule has 10 nitrogen and oxygen atoms in total. The number of halogens is 6. The Balaban J connectivity index is 1.44. The highest BCUT2D eigenvalue weighted by Gasteiger charge is 2.41. The second-order valence-electron chi connectivity index (χ2n) is 8.67. The number of aromatic amines is 1. The first-order chi connectivity index (χ1) is 19.5. The van der Waals surface area contributed by atoms with Crippen molar-refractivity contribution in [3.8, 4) is 11.5 Å². The number of amides is 1. The Hall–Kier alpha value is -5.50. The van der Waals surface area contributed by atoms with Crippen molar-refractivity contribution >= 4 is 39.2 Å². The highest BCUT2D eigenvalue weighted by molar-refractivity contribution is 6.13. The number of anilines is 1. The monoisotopic (exact) mass is 570 g/mol. The fraction of sp³-hybridized carbons (Fsp3) is 0.0800. The van der Waals surface area contributed by atoms with Gasteiger partial charge in [0.15, 0.2) is 17.5 Å². The number of alkyl halides is 6. The molecule has 0 fully saturated rings. The van der Waals surface area contributed by atoms with Gasteiger partial charge in [0, 0.05) is 21.7 Å². The van der Waals surface area contributed by atoms with Gasteiger partial charge in [0.2, 0.25) is 0 Å². The van der Waals surface area contributed by atoms with Crippen LogP contribution in [0.1, 0.15) is 21.6 Å². The zero-order valence-electron chi connectivity index (χ0n) is 20.0. The van der Waals surface area contributed by atoms with Crippen molar-refractivity contribution in [1.29, 1.82) is 0 Å². The van der Waals surface area contributed by atoms with Crippen LogP contribution in [0.2, 0.25) is 0 Å². The molecular weight excluding hydrogens is 558 g/mol. The Morgan fingerprint density at radius 1 is 1.00 bits per heavy atom. The van der Waals surface area contributed by atoms with Crippen LogP contribution in [0.3, 0.4) is 0 Å². The van der Waals surface area contributed by atoms with E-state index in [9.17, 15) is 35.9 Å². The standard InChI is InChI=1S/C25H12F6N8O2/c26-24(27,28)16-8-12(9-32-22(16)38-7-6-33-37-38)35-23(41)15-10-34-39(21(15)25(29,30)31)19-5-4-17-20-13(18(11-40)36-17)2-1-3-14(19)20/h1-10,36H,(H,35,41). The van der Waals surface area contributed by atoms with Crippen molar-refractivity contribution < 1.29 is 35.9 Å². The van der Waals surface area contributed by atoms with Gasteiger partial charge < -0.3 is 10.3 Å². The van der Waals surface area contributed by atoms with Crippen LogP contribution in [-0.2, 0) is 17.1 Å². The molecule has 206 valence electrons. The summed E-state index contributed by atoms with van der Waals surface area (Å²) in [6, 6.07) is 7.96. The fourth-order valence-electron chi connectivity index (χ4n) is 4.58. The molecular formula is C25H12F6N8O2. The smallest absolute Gasteiger partial charge is 0.345 e. The average Bonchev–Trinajstić information content (AvgIpc) is 3.68. The second-order valence-corrected chi connectivity index (χ2v) is 8.67. The largest absolute Gasteiger partial charge is 0.434 e. The fourth-order valence-corrected chi connectivity index (χ4v) is 4.58. The molecule has 0 atom stereocenters. The van der Waals surface area contributed by atoms with E-state index in [0.717, 1.165) is 23.3 Å². The second kappa shape index (κ2) is 9.02. The van der Waals surface area contributed by atoms with Crippen LogP contribution in [0.4, 0.5) is 32.0 Å². The summed E-state index contributed by atoms with van der Waals surface area (Å²) in [5.41, 5.74) is -3.81. The minimum atomic E-state index is -5.11. The first-order valence-electron chi connectivity index (χ1n) is 11.5. The van der Waals surface area contributed by atoms with Gasteiger partial charge >= 0.3 is 12.4 Å². The van der Waals surface area contributed by atoms with E-state index in [-0.39, 0.29) is 11.0 Å². The third-order valence-electron chi connectivity index (χ3n) is 6.23. The Morgan fingerprint density at radius 2 is 1.78 bits per heavy atom. The molecule has 0 saturated carbocycles. The molecule has 0 bridgehead atoms. The third kappa shape index (κ3) is 4.26. The molecule has 0 unspecified atom stereocenters. The Kier molecular flexibility index (Phi) is 5.67. The van der Waals surface area contributed by atoms with Gasteiger partial charge in [-0.05, 0) is 18.2 Å². The summed E-state index contributed by atoms with van der Waals surface area (Å²) in [5, 5.41) is 14.0. The zero-order valence-corrected chi connectivity index (χ0v) is 20.0. The number of carbonyl (C=O) groups is 1. The number of aromatic nitrogens is 7. The van der Waals surface area contributed by atoms with E-state index in [0.29, 0.717) is 38.6 Å². The minimum Gasteiger partial charge on any atom is -0.345 e. The number of carbonyl (C=O) groups excluding carboxylic acids is 2. The third-order valence-corrected chi connectivity index (χ3v) is 6.23. The van der Waals surface area contributed by atoms with E-state index in [1.807, 2.05) is 5.32 Å².